The zero-order chi connectivity index (χ0) is 13.0. The molecule has 1 amide bonds. The van der Waals surface area contributed by atoms with Crippen LogP contribution in [0.1, 0.15) is 23.2 Å². The number of pyridine rings is 1. The van der Waals surface area contributed by atoms with E-state index in [-0.39, 0.29) is 17.3 Å². The van der Waals surface area contributed by atoms with Crippen LogP contribution < -0.4 is 16.8 Å². The van der Waals surface area contributed by atoms with E-state index >= 15 is 0 Å². The first-order valence-electron chi connectivity index (χ1n) is 5.22. The summed E-state index contributed by atoms with van der Waals surface area (Å²) in [6, 6.07) is 1.91. The molecule has 0 aliphatic heterocycles. The summed E-state index contributed by atoms with van der Waals surface area (Å²) in [5.41, 5.74) is 13.3. The van der Waals surface area contributed by atoms with Crippen molar-refractivity contribution in [2.45, 2.75) is 20.3 Å². The van der Waals surface area contributed by atoms with E-state index in [9.17, 15) is 4.79 Å². The zero-order valence-electron chi connectivity index (χ0n) is 9.91. The maximum Gasteiger partial charge on any atom is 0.219 e. The van der Waals surface area contributed by atoms with Crippen LogP contribution in [0, 0.1) is 13.8 Å². The largest absolute Gasteiger partial charge is 0.389 e. The molecule has 1 aromatic rings. The van der Waals surface area contributed by atoms with Crippen LogP contribution in [0.15, 0.2) is 6.07 Å². The molecule has 5 nitrogen and oxygen atoms in total. The SMILES string of the molecule is Cc1cc(C)c(C(N)=S)c(NCCC(N)=O)n1. The third kappa shape index (κ3) is 3.67. The molecule has 0 radical (unpaired) electrons. The molecule has 0 aliphatic carbocycles. The van der Waals surface area contributed by atoms with Crippen LogP contribution in [-0.2, 0) is 4.79 Å². The van der Waals surface area contributed by atoms with Crippen LogP contribution >= 0.6 is 12.2 Å². The summed E-state index contributed by atoms with van der Waals surface area (Å²) in [7, 11) is 0. The Balaban J connectivity index is 2.96. The summed E-state index contributed by atoms with van der Waals surface area (Å²) >= 11 is 4.99. The van der Waals surface area contributed by atoms with Crippen molar-refractivity contribution in [3.63, 3.8) is 0 Å². The molecule has 5 N–H and O–H groups in total. The average molecular weight is 252 g/mol. The van der Waals surface area contributed by atoms with Crippen molar-refractivity contribution in [2.75, 3.05) is 11.9 Å². The predicted octanol–water partition coefficient (Wildman–Crippen LogP) is 0.620. The topological polar surface area (TPSA) is 94.0 Å². The van der Waals surface area contributed by atoms with E-state index in [1.54, 1.807) is 0 Å². The summed E-state index contributed by atoms with van der Waals surface area (Å²) in [4.78, 5) is 15.3. The van der Waals surface area contributed by atoms with E-state index in [4.69, 9.17) is 23.7 Å². The normalized spacial score (nSPS) is 10.0. The molecule has 0 fully saturated rings. The van der Waals surface area contributed by atoms with Crippen molar-refractivity contribution in [2.24, 2.45) is 11.5 Å². The second kappa shape index (κ2) is 5.58. The predicted molar refractivity (Wildman–Crippen MR) is 71.9 cm³/mol. The molecule has 0 aliphatic rings. The molecule has 1 aromatic heterocycles. The van der Waals surface area contributed by atoms with Crippen LogP contribution in [-0.4, -0.2) is 22.4 Å². The van der Waals surface area contributed by atoms with Crippen LogP contribution in [0.4, 0.5) is 5.82 Å². The Morgan fingerprint density at radius 2 is 2.12 bits per heavy atom. The van der Waals surface area contributed by atoms with Crippen LogP contribution in [0.5, 0.6) is 0 Å². The van der Waals surface area contributed by atoms with Crippen molar-refractivity contribution in [3.05, 3.63) is 22.9 Å². The van der Waals surface area contributed by atoms with Crippen LogP contribution in [0.2, 0.25) is 0 Å². The van der Waals surface area contributed by atoms with Gasteiger partial charge in [-0.2, -0.15) is 0 Å². The molecule has 0 aromatic carbocycles. The van der Waals surface area contributed by atoms with Crippen molar-refractivity contribution in [1.82, 2.24) is 4.98 Å². The minimum atomic E-state index is -0.362. The van der Waals surface area contributed by atoms with Crippen LogP contribution in [0.25, 0.3) is 0 Å². The fourth-order valence-corrected chi connectivity index (χ4v) is 1.84. The number of aromatic nitrogens is 1. The summed E-state index contributed by atoms with van der Waals surface area (Å²) in [5.74, 6) is 0.245. The fourth-order valence-electron chi connectivity index (χ4n) is 1.58. The van der Waals surface area contributed by atoms with E-state index in [2.05, 4.69) is 10.3 Å². The van der Waals surface area contributed by atoms with Gasteiger partial charge in [0.25, 0.3) is 0 Å². The molecule has 0 atom stereocenters. The number of hydrogen-bond acceptors (Lipinski definition) is 4. The number of aryl methyl sites for hydroxylation is 2. The Hall–Kier alpha value is -1.69. The van der Waals surface area contributed by atoms with E-state index in [1.165, 1.54) is 0 Å². The Bertz CT molecular complexity index is 459. The van der Waals surface area contributed by atoms with E-state index in [0.29, 0.717) is 12.4 Å². The van der Waals surface area contributed by atoms with Gasteiger partial charge < -0.3 is 16.8 Å². The molecule has 17 heavy (non-hydrogen) atoms. The number of nitrogens with zero attached hydrogens (tertiary/aromatic N) is 1. The summed E-state index contributed by atoms with van der Waals surface area (Å²) in [5, 5.41) is 3.03. The van der Waals surface area contributed by atoms with Crippen molar-refractivity contribution in [3.8, 4) is 0 Å². The van der Waals surface area contributed by atoms with E-state index < -0.39 is 0 Å². The third-order valence-electron chi connectivity index (χ3n) is 2.25. The highest BCUT2D eigenvalue weighted by Gasteiger charge is 2.11. The molecular weight excluding hydrogens is 236 g/mol. The lowest BCUT2D eigenvalue weighted by molar-refractivity contribution is -0.117. The number of rotatable bonds is 5. The maximum atomic E-state index is 10.7. The first kappa shape index (κ1) is 13.4. The number of hydrogen-bond donors (Lipinski definition) is 3. The van der Waals surface area contributed by atoms with Gasteiger partial charge in [0.05, 0.1) is 5.56 Å². The van der Waals surface area contributed by atoms with E-state index in [0.717, 1.165) is 16.8 Å². The van der Waals surface area contributed by atoms with Gasteiger partial charge in [0.1, 0.15) is 10.8 Å². The van der Waals surface area contributed by atoms with Gasteiger partial charge in [-0.3, -0.25) is 4.79 Å². The molecule has 0 saturated heterocycles. The van der Waals surface area contributed by atoms with Gasteiger partial charge in [-0.15, -0.1) is 0 Å². The van der Waals surface area contributed by atoms with Gasteiger partial charge in [0, 0.05) is 18.7 Å². The fraction of sp³-hybridized carbons (Fsp3) is 0.364. The number of thiocarbonyl (C=S) groups is 1. The lowest BCUT2D eigenvalue weighted by Crippen LogP contribution is -2.20. The number of nitrogens with one attached hydrogen (secondary N) is 1. The van der Waals surface area contributed by atoms with Gasteiger partial charge in [0.15, 0.2) is 0 Å². The molecular formula is C11H16N4OS. The second-order valence-electron chi connectivity index (χ2n) is 3.81. The first-order valence-corrected chi connectivity index (χ1v) is 5.63. The maximum absolute atomic E-state index is 10.7. The van der Waals surface area contributed by atoms with Gasteiger partial charge in [0.2, 0.25) is 5.91 Å². The van der Waals surface area contributed by atoms with E-state index in [1.807, 2.05) is 19.9 Å². The molecule has 92 valence electrons. The number of anilines is 1. The molecule has 1 heterocycles. The van der Waals surface area contributed by atoms with Crippen LogP contribution in [0.3, 0.4) is 0 Å². The zero-order valence-corrected chi connectivity index (χ0v) is 10.7. The molecule has 1 rings (SSSR count). The highest BCUT2D eigenvalue weighted by molar-refractivity contribution is 7.80. The monoisotopic (exact) mass is 252 g/mol. The lowest BCUT2D eigenvalue weighted by Gasteiger charge is -2.13. The Kier molecular flexibility index (Phi) is 4.39. The second-order valence-corrected chi connectivity index (χ2v) is 4.25. The van der Waals surface area contributed by atoms with Gasteiger partial charge in [-0.05, 0) is 25.5 Å². The van der Waals surface area contributed by atoms with Gasteiger partial charge in [-0.25, -0.2) is 4.98 Å². The van der Waals surface area contributed by atoms with Gasteiger partial charge >= 0.3 is 0 Å². The number of nitrogens with two attached hydrogens (primary N) is 2. The highest BCUT2D eigenvalue weighted by Crippen LogP contribution is 2.18. The number of primary amides is 1. The minimum absolute atomic E-state index is 0.242. The standard InChI is InChI=1S/C11H16N4OS/c1-6-5-7(2)15-11(9(6)10(13)17)14-4-3-8(12)16/h5H,3-4H2,1-2H3,(H2,12,16)(H2,13,17)(H,14,15). The summed E-state index contributed by atoms with van der Waals surface area (Å²) < 4.78 is 0. The Morgan fingerprint density at radius 1 is 1.47 bits per heavy atom. The van der Waals surface area contributed by atoms with Crippen molar-refractivity contribution < 1.29 is 4.79 Å². The summed E-state index contributed by atoms with van der Waals surface area (Å²) in [6.45, 7) is 4.22. The number of amides is 1. The lowest BCUT2D eigenvalue weighted by atomic mass is 10.1. The first-order chi connectivity index (χ1) is 7.91. The number of carbonyl (C=O) groups is 1. The molecule has 0 bridgehead atoms. The molecule has 0 saturated carbocycles. The average Bonchev–Trinajstić information content (AvgIpc) is 2.14. The van der Waals surface area contributed by atoms with Crippen molar-refractivity contribution in [1.29, 1.82) is 0 Å². The quantitative estimate of drug-likeness (QED) is 0.668. The smallest absolute Gasteiger partial charge is 0.219 e. The third-order valence-corrected chi connectivity index (χ3v) is 2.46. The summed E-state index contributed by atoms with van der Waals surface area (Å²) in [6.07, 6.45) is 0.242. The van der Waals surface area contributed by atoms with Gasteiger partial charge in [-0.1, -0.05) is 12.2 Å². The minimum Gasteiger partial charge on any atom is -0.389 e. The molecule has 6 heteroatoms. The molecule has 0 spiro atoms. The molecule has 0 unspecified atom stereocenters. The highest BCUT2D eigenvalue weighted by atomic mass is 32.1. The Labute approximate surface area is 106 Å². The van der Waals surface area contributed by atoms with Crippen molar-refractivity contribution >= 4 is 28.9 Å². The Morgan fingerprint density at radius 3 is 2.65 bits per heavy atom. The number of carbonyl (C=O) groups excluding carboxylic acids is 1.